The van der Waals surface area contributed by atoms with Gasteiger partial charge >= 0.3 is 0 Å². The summed E-state index contributed by atoms with van der Waals surface area (Å²) in [5.41, 5.74) is 8.39. The summed E-state index contributed by atoms with van der Waals surface area (Å²) in [6.07, 6.45) is 2.09. The average molecular weight is 364 g/mol. The number of hydrogen-bond donors (Lipinski definition) is 2. The molecule has 0 aliphatic carbocycles. The molecule has 0 unspecified atom stereocenters. The minimum Gasteiger partial charge on any atom is -0.398 e. The topological polar surface area (TPSA) is 112 Å². The van der Waals surface area contributed by atoms with Crippen LogP contribution >= 0.6 is 11.3 Å². The minimum absolute atomic E-state index is 0.302. The van der Waals surface area contributed by atoms with E-state index >= 15 is 0 Å². The predicted octanol–water partition coefficient (Wildman–Crippen LogP) is 2.29. The Morgan fingerprint density at radius 2 is 2.19 bits per heavy atom. The van der Waals surface area contributed by atoms with Gasteiger partial charge in [-0.1, -0.05) is 6.07 Å². The van der Waals surface area contributed by atoms with E-state index in [0.717, 1.165) is 23.8 Å². The van der Waals surface area contributed by atoms with Crippen LogP contribution in [0.25, 0.3) is 22.1 Å². The van der Waals surface area contributed by atoms with Gasteiger partial charge in [0.15, 0.2) is 0 Å². The lowest BCUT2D eigenvalue weighted by Gasteiger charge is -2.17. The molecule has 0 bridgehead atoms. The average Bonchev–Trinajstić information content (AvgIpc) is 3.33. The summed E-state index contributed by atoms with van der Waals surface area (Å²) in [6, 6.07) is 9.37. The van der Waals surface area contributed by atoms with Crippen molar-refractivity contribution in [3.63, 3.8) is 0 Å². The molecule has 1 aliphatic heterocycles. The lowest BCUT2D eigenvalue weighted by molar-refractivity contribution is 0.198. The third-order valence-corrected chi connectivity index (χ3v) is 5.07. The van der Waals surface area contributed by atoms with Gasteiger partial charge in [-0.2, -0.15) is 5.26 Å². The molecule has 3 N–H and O–H groups in total. The number of aliphatic hydroxyl groups excluding tert-OH is 1. The van der Waals surface area contributed by atoms with E-state index in [1.54, 1.807) is 12.3 Å². The zero-order chi connectivity index (χ0) is 18.1. The molecule has 1 saturated heterocycles. The van der Waals surface area contributed by atoms with Gasteiger partial charge in [0.1, 0.15) is 33.8 Å². The molecule has 3 aromatic rings. The van der Waals surface area contributed by atoms with Crippen LogP contribution in [0.5, 0.6) is 0 Å². The SMILES string of the molecule is N#Cc1c(N)cc(-c2nccs2)nc1-c1cccc(N2CC[C@H](O)C2)n1. The van der Waals surface area contributed by atoms with E-state index in [-0.39, 0.29) is 6.10 Å². The van der Waals surface area contributed by atoms with Crippen molar-refractivity contribution < 1.29 is 5.11 Å². The Morgan fingerprint density at radius 3 is 2.88 bits per heavy atom. The number of rotatable bonds is 3. The monoisotopic (exact) mass is 364 g/mol. The fourth-order valence-electron chi connectivity index (χ4n) is 3.01. The van der Waals surface area contributed by atoms with E-state index in [9.17, 15) is 10.4 Å². The van der Waals surface area contributed by atoms with Crippen LogP contribution in [0.2, 0.25) is 0 Å². The molecule has 1 fully saturated rings. The maximum absolute atomic E-state index is 9.76. The molecule has 0 aromatic carbocycles. The zero-order valence-electron chi connectivity index (χ0n) is 13.8. The molecule has 0 amide bonds. The van der Waals surface area contributed by atoms with Gasteiger partial charge in [-0.25, -0.2) is 15.0 Å². The highest BCUT2D eigenvalue weighted by molar-refractivity contribution is 7.13. The quantitative estimate of drug-likeness (QED) is 0.733. The Kier molecular flexibility index (Phi) is 4.24. The van der Waals surface area contributed by atoms with Gasteiger partial charge in [0, 0.05) is 24.7 Å². The van der Waals surface area contributed by atoms with Crippen molar-refractivity contribution in [2.45, 2.75) is 12.5 Å². The highest BCUT2D eigenvalue weighted by atomic mass is 32.1. The Bertz CT molecular complexity index is 982. The van der Waals surface area contributed by atoms with Crippen molar-refractivity contribution in [3.8, 4) is 28.2 Å². The van der Waals surface area contributed by atoms with Crippen LogP contribution in [0.15, 0.2) is 35.8 Å². The molecule has 7 nitrogen and oxygen atoms in total. The third-order valence-electron chi connectivity index (χ3n) is 4.28. The molecule has 8 heteroatoms. The van der Waals surface area contributed by atoms with E-state index in [2.05, 4.69) is 21.0 Å². The molecule has 130 valence electrons. The lowest BCUT2D eigenvalue weighted by atomic mass is 10.1. The Hall–Kier alpha value is -3.02. The number of aromatic nitrogens is 3. The van der Waals surface area contributed by atoms with Crippen LogP contribution in [0.4, 0.5) is 11.5 Å². The van der Waals surface area contributed by atoms with E-state index in [0.29, 0.717) is 34.9 Å². The van der Waals surface area contributed by atoms with Crippen LogP contribution in [0.1, 0.15) is 12.0 Å². The standard InChI is InChI=1S/C18H16N6OS/c19-9-12-13(20)8-15(18-21-5-7-26-18)23-17(12)14-2-1-3-16(22-14)24-6-4-11(25)10-24/h1-3,5,7-8,11,25H,4,6,10H2,(H2,20,23)/t11-/m0/s1. The number of anilines is 2. The van der Waals surface area contributed by atoms with Crippen molar-refractivity contribution in [2.75, 3.05) is 23.7 Å². The number of nitriles is 1. The summed E-state index contributed by atoms with van der Waals surface area (Å²) in [5, 5.41) is 21.9. The van der Waals surface area contributed by atoms with Crippen LogP contribution in [-0.4, -0.2) is 39.3 Å². The summed E-state index contributed by atoms with van der Waals surface area (Å²) in [7, 11) is 0. The summed E-state index contributed by atoms with van der Waals surface area (Å²) in [4.78, 5) is 15.6. The lowest BCUT2D eigenvalue weighted by Crippen LogP contribution is -2.22. The maximum atomic E-state index is 9.76. The van der Waals surface area contributed by atoms with E-state index in [4.69, 9.17) is 5.73 Å². The first-order valence-corrected chi connectivity index (χ1v) is 9.04. The summed E-state index contributed by atoms with van der Waals surface area (Å²) >= 11 is 1.46. The molecule has 0 spiro atoms. The number of nitrogens with zero attached hydrogens (tertiary/aromatic N) is 5. The van der Waals surface area contributed by atoms with Gasteiger partial charge < -0.3 is 15.7 Å². The molecule has 26 heavy (non-hydrogen) atoms. The normalized spacial score (nSPS) is 16.6. The van der Waals surface area contributed by atoms with Crippen LogP contribution in [-0.2, 0) is 0 Å². The van der Waals surface area contributed by atoms with Crippen molar-refractivity contribution >= 4 is 22.8 Å². The molecule has 3 aromatic heterocycles. The Labute approximate surface area is 154 Å². The third kappa shape index (κ3) is 2.98. The van der Waals surface area contributed by atoms with Gasteiger partial charge in [0.05, 0.1) is 17.5 Å². The number of aliphatic hydroxyl groups is 1. The fourth-order valence-corrected chi connectivity index (χ4v) is 3.61. The van der Waals surface area contributed by atoms with Crippen molar-refractivity contribution in [1.82, 2.24) is 15.0 Å². The molecule has 4 heterocycles. The summed E-state index contributed by atoms with van der Waals surface area (Å²) in [6.45, 7) is 1.30. The molecular weight excluding hydrogens is 348 g/mol. The minimum atomic E-state index is -0.336. The number of nitrogens with two attached hydrogens (primary N) is 1. The second-order valence-corrected chi connectivity index (χ2v) is 6.93. The second kappa shape index (κ2) is 6.71. The first kappa shape index (κ1) is 16.4. The molecule has 4 rings (SSSR count). The largest absolute Gasteiger partial charge is 0.398 e. The van der Waals surface area contributed by atoms with Crippen LogP contribution in [0, 0.1) is 11.3 Å². The molecule has 0 radical (unpaired) electrons. The zero-order valence-corrected chi connectivity index (χ0v) is 14.6. The van der Waals surface area contributed by atoms with Gasteiger partial charge in [-0.3, -0.25) is 0 Å². The Balaban J connectivity index is 1.81. The number of nitrogen functional groups attached to an aromatic ring is 1. The van der Waals surface area contributed by atoms with Gasteiger partial charge in [0.25, 0.3) is 0 Å². The summed E-state index contributed by atoms with van der Waals surface area (Å²) in [5.74, 6) is 0.753. The molecule has 0 saturated carbocycles. The first-order chi connectivity index (χ1) is 12.7. The maximum Gasteiger partial charge on any atom is 0.141 e. The van der Waals surface area contributed by atoms with E-state index in [1.165, 1.54) is 11.3 Å². The van der Waals surface area contributed by atoms with Gasteiger partial charge in [0.2, 0.25) is 0 Å². The number of thiazole rings is 1. The van der Waals surface area contributed by atoms with E-state index in [1.807, 2.05) is 28.5 Å². The van der Waals surface area contributed by atoms with Gasteiger partial charge in [-0.15, -0.1) is 11.3 Å². The van der Waals surface area contributed by atoms with Crippen LogP contribution < -0.4 is 10.6 Å². The molecule has 1 aliphatic rings. The highest BCUT2D eigenvalue weighted by Gasteiger charge is 2.22. The van der Waals surface area contributed by atoms with Crippen molar-refractivity contribution in [3.05, 3.63) is 41.4 Å². The predicted molar refractivity (Wildman–Crippen MR) is 101 cm³/mol. The molecule has 1 atom stereocenters. The van der Waals surface area contributed by atoms with E-state index < -0.39 is 0 Å². The number of hydrogen-bond acceptors (Lipinski definition) is 8. The fraction of sp³-hybridized carbons (Fsp3) is 0.222. The van der Waals surface area contributed by atoms with Crippen molar-refractivity contribution in [2.24, 2.45) is 0 Å². The smallest absolute Gasteiger partial charge is 0.141 e. The van der Waals surface area contributed by atoms with Crippen molar-refractivity contribution in [1.29, 1.82) is 5.26 Å². The molecular formula is C18H16N6OS. The Morgan fingerprint density at radius 1 is 1.31 bits per heavy atom. The number of pyridine rings is 2. The van der Waals surface area contributed by atoms with Crippen LogP contribution in [0.3, 0.4) is 0 Å². The van der Waals surface area contributed by atoms with Gasteiger partial charge in [-0.05, 0) is 24.6 Å². The highest BCUT2D eigenvalue weighted by Crippen LogP contribution is 2.31. The first-order valence-electron chi connectivity index (χ1n) is 8.16. The number of β-amino-alcohol motifs (C(OH)–C–C–N with tert-alkyl or cyclic N) is 1. The second-order valence-electron chi connectivity index (χ2n) is 6.04. The summed E-state index contributed by atoms with van der Waals surface area (Å²) < 4.78 is 0.